The average Bonchev–Trinajstić information content (AvgIpc) is 3.06. The number of carbonyl (C=O) groups is 2. The van der Waals surface area contributed by atoms with Gasteiger partial charge in [-0.3, -0.25) is 14.9 Å². The summed E-state index contributed by atoms with van der Waals surface area (Å²) >= 11 is 12.2. The Labute approximate surface area is 186 Å². The highest BCUT2D eigenvalue weighted by Crippen LogP contribution is 2.20. The first-order valence-corrected chi connectivity index (χ1v) is 10.5. The molecular weight excluding hydrogens is 429 g/mol. The molecule has 0 spiro atoms. The lowest BCUT2D eigenvalue weighted by Gasteiger charge is -2.23. The number of carboxylic acid groups (broad SMARTS) is 1. The molecule has 1 aromatic heterocycles. The van der Waals surface area contributed by atoms with Crippen LogP contribution < -0.4 is 5.32 Å². The van der Waals surface area contributed by atoms with Crippen LogP contribution >= 0.6 is 23.2 Å². The molecule has 1 heterocycles. The number of benzene rings is 1. The number of imidazole rings is 1. The van der Waals surface area contributed by atoms with Gasteiger partial charge in [0.25, 0.3) is 0 Å². The van der Waals surface area contributed by atoms with E-state index >= 15 is 0 Å². The van der Waals surface area contributed by atoms with Crippen molar-refractivity contribution in [3.63, 3.8) is 0 Å². The fraction of sp³-hybridized carbons (Fsp3) is 0.476. The molecule has 2 rings (SSSR count). The van der Waals surface area contributed by atoms with Gasteiger partial charge in [0.2, 0.25) is 0 Å². The first kappa shape index (κ1) is 24.2. The van der Waals surface area contributed by atoms with Crippen LogP contribution in [0.1, 0.15) is 38.4 Å². The minimum absolute atomic E-state index is 0.152. The molecule has 2 atom stereocenters. The SMILES string of the molecule is CCOC(=O)[C@H](Cc1cncn1Cc1cc(Cl)cc(Cl)c1)N[C@@H](CC(C)C)C(=O)O. The van der Waals surface area contributed by atoms with Crippen LogP contribution in [0, 0.1) is 5.92 Å². The lowest BCUT2D eigenvalue weighted by molar-refractivity contribution is -0.147. The number of carboxylic acids is 1. The van der Waals surface area contributed by atoms with Gasteiger partial charge in [-0.05, 0) is 43.0 Å². The number of hydrogen-bond acceptors (Lipinski definition) is 5. The summed E-state index contributed by atoms with van der Waals surface area (Å²) in [7, 11) is 0. The number of ether oxygens (including phenoxy) is 1. The second-order valence-corrected chi connectivity index (χ2v) is 8.36. The summed E-state index contributed by atoms with van der Waals surface area (Å²) in [5.41, 5.74) is 1.64. The van der Waals surface area contributed by atoms with Gasteiger partial charge < -0.3 is 14.4 Å². The highest BCUT2D eigenvalue weighted by molar-refractivity contribution is 6.34. The summed E-state index contributed by atoms with van der Waals surface area (Å²) in [6, 6.07) is 3.59. The second-order valence-electron chi connectivity index (χ2n) is 7.49. The molecule has 0 aliphatic rings. The molecule has 1 aromatic carbocycles. The Morgan fingerprint density at radius 2 is 1.87 bits per heavy atom. The quantitative estimate of drug-likeness (QED) is 0.500. The third kappa shape index (κ3) is 7.31. The molecule has 30 heavy (non-hydrogen) atoms. The summed E-state index contributed by atoms with van der Waals surface area (Å²) in [5, 5.41) is 13.6. The zero-order valence-electron chi connectivity index (χ0n) is 17.3. The topological polar surface area (TPSA) is 93.5 Å². The maximum Gasteiger partial charge on any atom is 0.323 e. The van der Waals surface area contributed by atoms with Gasteiger partial charge in [0.05, 0.1) is 12.9 Å². The van der Waals surface area contributed by atoms with Crippen molar-refractivity contribution in [2.75, 3.05) is 6.61 Å². The number of carbonyl (C=O) groups excluding carboxylic acids is 1. The Hall–Kier alpha value is -2.09. The van der Waals surface area contributed by atoms with Crippen LogP contribution in [-0.2, 0) is 27.3 Å². The van der Waals surface area contributed by atoms with Crippen molar-refractivity contribution in [3.8, 4) is 0 Å². The fourth-order valence-electron chi connectivity index (χ4n) is 3.18. The highest BCUT2D eigenvalue weighted by atomic mass is 35.5. The summed E-state index contributed by atoms with van der Waals surface area (Å²) in [4.78, 5) is 28.4. The third-order valence-electron chi connectivity index (χ3n) is 4.47. The number of halogens is 2. The fourth-order valence-corrected chi connectivity index (χ4v) is 3.75. The van der Waals surface area contributed by atoms with Crippen LogP contribution in [0.15, 0.2) is 30.7 Å². The predicted molar refractivity (Wildman–Crippen MR) is 116 cm³/mol. The van der Waals surface area contributed by atoms with Gasteiger partial charge in [0.15, 0.2) is 0 Å². The number of aromatic nitrogens is 2. The molecule has 7 nitrogen and oxygen atoms in total. The van der Waals surface area contributed by atoms with E-state index in [1.165, 1.54) is 0 Å². The Balaban J connectivity index is 2.22. The third-order valence-corrected chi connectivity index (χ3v) is 4.90. The molecule has 2 aromatic rings. The molecule has 0 radical (unpaired) electrons. The van der Waals surface area contributed by atoms with E-state index in [0.717, 1.165) is 11.3 Å². The van der Waals surface area contributed by atoms with Crippen molar-refractivity contribution in [1.29, 1.82) is 0 Å². The summed E-state index contributed by atoms with van der Waals surface area (Å²) in [5.74, 6) is -1.34. The van der Waals surface area contributed by atoms with Crippen LogP contribution in [0.3, 0.4) is 0 Å². The van der Waals surface area contributed by atoms with Crippen LogP contribution in [0.5, 0.6) is 0 Å². The molecule has 0 bridgehead atoms. The Kier molecular flexibility index (Phi) is 9.14. The Morgan fingerprint density at radius 3 is 2.43 bits per heavy atom. The molecule has 2 N–H and O–H groups in total. The van der Waals surface area contributed by atoms with Crippen LogP contribution in [0.2, 0.25) is 10.0 Å². The molecule has 164 valence electrons. The van der Waals surface area contributed by atoms with Gasteiger partial charge in [-0.15, -0.1) is 0 Å². The summed E-state index contributed by atoms with van der Waals surface area (Å²) < 4.78 is 7.04. The zero-order chi connectivity index (χ0) is 22.3. The van der Waals surface area contributed by atoms with Crippen molar-refractivity contribution in [2.24, 2.45) is 5.92 Å². The van der Waals surface area contributed by atoms with Crippen LogP contribution in [-0.4, -0.2) is 45.3 Å². The van der Waals surface area contributed by atoms with Crippen LogP contribution in [0.25, 0.3) is 0 Å². The van der Waals surface area contributed by atoms with Gasteiger partial charge >= 0.3 is 11.9 Å². The van der Waals surface area contributed by atoms with Gasteiger partial charge in [0.1, 0.15) is 12.1 Å². The van der Waals surface area contributed by atoms with E-state index in [-0.39, 0.29) is 18.9 Å². The average molecular weight is 456 g/mol. The smallest absolute Gasteiger partial charge is 0.323 e. The minimum atomic E-state index is -1.000. The van der Waals surface area contributed by atoms with E-state index in [4.69, 9.17) is 27.9 Å². The van der Waals surface area contributed by atoms with Crippen molar-refractivity contribution in [3.05, 3.63) is 52.0 Å². The largest absolute Gasteiger partial charge is 0.480 e. The maximum atomic E-state index is 12.5. The minimum Gasteiger partial charge on any atom is -0.480 e. The van der Waals surface area contributed by atoms with Gasteiger partial charge in [-0.25, -0.2) is 4.98 Å². The van der Waals surface area contributed by atoms with E-state index in [0.29, 0.717) is 23.0 Å². The molecule has 9 heteroatoms. The molecule has 0 amide bonds. The molecule has 0 saturated heterocycles. The molecule has 0 aliphatic heterocycles. The number of nitrogens with zero attached hydrogens (tertiary/aromatic N) is 2. The normalized spacial score (nSPS) is 13.3. The van der Waals surface area contributed by atoms with Gasteiger partial charge in [-0.1, -0.05) is 37.0 Å². The lowest BCUT2D eigenvalue weighted by Crippen LogP contribution is -2.49. The van der Waals surface area contributed by atoms with E-state index < -0.39 is 24.0 Å². The maximum absolute atomic E-state index is 12.5. The predicted octanol–water partition coefficient (Wildman–Crippen LogP) is 3.80. The Morgan fingerprint density at radius 1 is 1.20 bits per heavy atom. The van der Waals surface area contributed by atoms with Gasteiger partial charge in [0, 0.05) is 34.9 Å². The van der Waals surface area contributed by atoms with E-state index in [1.807, 2.05) is 18.4 Å². The van der Waals surface area contributed by atoms with Crippen molar-refractivity contribution in [1.82, 2.24) is 14.9 Å². The molecule has 0 fully saturated rings. The zero-order valence-corrected chi connectivity index (χ0v) is 18.8. The summed E-state index contributed by atoms with van der Waals surface area (Å²) in [6.45, 7) is 6.24. The number of nitrogens with one attached hydrogen (secondary N) is 1. The van der Waals surface area contributed by atoms with E-state index in [2.05, 4.69) is 10.3 Å². The first-order valence-electron chi connectivity index (χ1n) is 9.79. The van der Waals surface area contributed by atoms with Gasteiger partial charge in [-0.2, -0.15) is 0 Å². The number of rotatable bonds is 11. The lowest BCUT2D eigenvalue weighted by atomic mass is 10.0. The monoisotopic (exact) mass is 455 g/mol. The van der Waals surface area contributed by atoms with E-state index in [9.17, 15) is 14.7 Å². The standard InChI is InChI=1S/C21H27Cl2N3O4/c1-4-30-21(29)19(25-18(20(27)28)5-13(2)3)9-17-10-24-12-26(17)11-14-6-15(22)8-16(23)7-14/h6-8,10,12-13,18-19,25H,4-5,9,11H2,1-3H3,(H,27,28)/t18-,19-/m0/s1. The van der Waals surface area contributed by atoms with E-state index in [1.54, 1.807) is 37.6 Å². The second kappa shape index (κ2) is 11.3. The summed E-state index contributed by atoms with van der Waals surface area (Å²) in [6.07, 6.45) is 3.92. The first-order chi connectivity index (χ1) is 14.2. The number of hydrogen-bond donors (Lipinski definition) is 2. The number of aliphatic carboxylic acids is 1. The van der Waals surface area contributed by atoms with Crippen molar-refractivity contribution < 1.29 is 19.4 Å². The van der Waals surface area contributed by atoms with Crippen LogP contribution in [0.4, 0.5) is 0 Å². The Bertz CT molecular complexity index is 849. The highest BCUT2D eigenvalue weighted by Gasteiger charge is 2.28. The molecular formula is C21H27Cl2N3O4. The van der Waals surface area contributed by atoms with Crippen molar-refractivity contribution in [2.45, 2.75) is 52.2 Å². The molecule has 0 saturated carbocycles. The van der Waals surface area contributed by atoms with Crippen molar-refractivity contribution >= 4 is 35.1 Å². The molecule has 0 aliphatic carbocycles. The molecule has 0 unspecified atom stereocenters. The number of esters is 1.